The maximum absolute atomic E-state index is 12.6. The van der Waals surface area contributed by atoms with Crippen molar-refractivity contribution in [2.45, 2.75) is 0 Å². The lowest BCUT2D eigenvalue weighted by atomic mass is 10.3. The van der Waals surface area contributed by atoms with Crippen LogP contribution in [-0.4, -0.2) is 15.2 Å². The fraction of sp³-hybridized carbons (Fsp3) is 0. The molecule has 1 heterocycles. The molecule has 12 heavy (non-hydrogen) atoms. The Labute approximate surface area is 67.0 Å². The SMILES string of the molecule is ONc1nc2ccc(F)cc2[nH]1. The highest BCUT2D eigenvalue weighted by atomic mass is 19.1. The molecule has 5 heteroatoms. The van der Waals surface area contributed by atoms with E-state index in [4.69, 9.17) is 5.21 Å². The molecule has 0 amide bonds. The van der Waals surface area contributed by atoms with Crippen molar-refractivity contribution in [3.8, 4) is 0 Å². The first-order valence-corrected chi connectivity index (χ1v) is 3.35. The molecule has 0 fully saturated rings. The Balaban J connectivity index is 2.67. The van der Waals surface area contributed by atoms with E-state index < -0.39 is 0 Å². The Hall–Kier alpha value is -1.62. The zero-order valence-electron chi connectivity index (χ0n) is 6.00. The van der Waals surface area contributed by atoms with Gasteiger partial charge in [0.2, 0.25) is 5.95 Å². The van der Waals surface area contributed by atoms with Crippen molar-refractivity contribution in [1.29, 1.82) is 0 Å². The van der Waals surface area contributed by atoms with Gasteiger partial charge in [-0.2, -0.15) is 0 Å². The number of hydrogen-bond acceptors (Lipinski definition) is 3. The predicted molar refractivity (Wildman–Crippen MR) is 41.5 cm³/mol. The van der Waals surface area contributed by atoms with Crippen molar-refractivity contribution in [3.05, 3.63) is 24.0 Å². The smallest absolute Gasteiger partial charge is 0.225 e. The molecule has 0 spiro atoms. The lowest BCUT2D eigenvalue weighted by Gasteiger charge is -1.86. The molecule has 4 nitrogen and oxygen atoms in total. The second-order valence-electron chi connectivity index (χ2n) is 2.36. The molecule has 2 aromatic rings. The number of H-pyrrole nitrogens is 1. The minimum Gasteiger partial charge on any atom is -0.322 e. The molecule has 0 aliphatic heterocycles. The summed E-state index contributed by atoms with van der Waals surface area (Å²) in [6.45, 7) is 0. The van der Waals surface area contributed by atoms with E-state index in [1.807, 2.05) is 5.48 Å². The molecule has 62 valence electrons. The van der Waals surface area contributed by atoms with E-state index in [-0.39, 0.29) is 11.8 Å². The number of anilines is 1. The van der Waals surface area contributed by atoms with E-state index in [0.29, 0.717) is 11.0 Å². The van der Waals surface area contributed by atoms with E-state index in [2.05, 4.69) is 9.97 Å². The zero-order chi connectivity index (χ0) is 8.55. The van der Waals surface area contributed by atoms with Crippen LogP contribution in [-0.2, 0) is 0 Å². The second-order valence-corrected chi connectivity index (χ2v) is 2.36. The van der Waals surface area contributed by atoms with Gasteiger partial charge in [0.1, 0.15) is 5.82 Å². The quantitative estimate of drug-likeness (QED) is 0.564. The van der Waals surface area contributed by atoms with Gasteiger partial charge in [0.05, 0.1) is 11.0 Å². The van der Waals surface area contributed by atoms with Crippen LogP contribution in [0.2, 0.25) is 0 Å². The van der Waals surface area contributed by atoms with Crippen LogP contribution in [0.3, 0.4) is 0 Å². The van der Waals surface area contributed by atoms with E-state index in [0.717, 1.165) is 0 Å². The Kier molecular flexibility index (Phi) is 1.44. The average Bonchev–Trinajstić information content (AvgIpc) is 2.46. The van der Waals surface area contributed by atoms with Crippen LogP contribution in [0.5, 0.6) is 0 Å². The molecule has 1 aromatic carbocycles. The van der Waals surface area contributed by atoms with Crippen LogP contribution in [0.15, 0.2) is 18.2 Å². The van der Waals surface area contributed by atoms with Crippen molar-refractivity contribution in [2.24, 2.45) is 0 Å². The fourth-order valence-corrected chi connectivity index (χ4v) is 1.03. The fourth-order valence-electron chi connectivity index (χ4n) is 1.03. The average molecular weight is 167 g/mol. The summed E-state index contributed by atoms with van der Waals surface area (Å²) in [5.41, 5.74) is 3.00. The topological polar surface area (TPSA) is 60.9 Å². The van der Waals surface area contributed by atoms with E-state index >= 15 is 0 Å². The van der Waals surface area contributed by atoms with Crippen LogP contribution in [0.25, 0.3) is 11.0 Å². The highest BCUT2D eigenvalue weighted by Gasteiger charge is 2.01. The molecule has 0 radical (unpaired) electrons. The summed E-state index contributed by atoms with van der Waals surface area (Å²) in [5.74, 6) is -0.133. The second kappa shape index (κ2) is 2.46. The van der Waals surface area contributed by atoms with Gasteiger partial charge >= 0.3 is 0 Å². The number of fused-ring (bicyclic) bond motifs is 1. The Morgan fingerprint density at radius 1 is 1.50 bits per heavy atom. The lowest BCUT2D eigenvalue weighted by Crippen LogP contribution is -1.89. The maximum Gasteiger partial charge on any atom is 0.225 e. The third-order valence-corrected chi connectivity index (χ3v) is 1.55. The van der Waals surface area contributed by atoms with Crippen molar-refractivity contribution < 1.29 is 9.60 Å². The predicted octanol–water partition coefficient (Wildman–Crippen LogP) is 1.50. The van der Waals surface area contributed by atoms with Gasteiger partial charge in [0.25, 0.3) is 0 Å². The lowest BCUT2D eigenvalue weighted by molar-refractivity contribution is 0.383. The molecule has 0 saturated carbocycles. The third kappa shape index (κ3) is 0.998. The standard InChI is InChI=1S/C7H6FN3O/c8-4-1-2-5-6(3-4)10-7(9-5)11-12/h1-3,12H,(H2,9,10,11). The van der Waals surface area contributed by atoms with Gasteiger partial charge in [-0.1, -0.05) is 0 Å². The molecule has 2 rings (SSSR count). The van der Waals surface area contributed by atoms with Crippen LogP contribution >= 0.6 is 0 Å². The first kappa shape index (κ1) is 7.05. The van der Waals surface area contributed by atoms with Crippen molar-refractivity contribution >= 4 is 17.0 Å². The third-order valence-electron chi connectivity index (χ3n) is 1.55. The minimum atomic E-state index is -0.337. The van der Waals surface area contributed by atoms with Gasteiger partial charge in [-0.3, -0.25) is 5.21 Å². The van der Waals surface area contributed by atoms with E-state index in [1.54, 1.807) is 0 Å². The van der Waals surface area contributed by atoms with Crippen LogP contribution in [0.4, 0.5) is 10.3 Å². The summed E-state index contributed by atoms with van der Waals surface area (Å²) < 4.78 is 12.6. The molecular formula is C7H6FN3O. The first-order chi connectivity index (χ1) is 5.79. The summed E-state index contributed by atoms with van der Waals surface area (Å²) in [5, 5.41) is 8.47. The molecule has 1 aromatic heterocycles. The number of aromatic amines is 1. The number of hydrogen-bond donors (Lipinski definition) is 3. The van der Waals surface area contributed by atoms with Crippen molar-refractivity contribution in [1.82, 2.24) is 9.97 Å². The summed E-state index contributed by atoms with van der Waals surface area (Å²) in [4.78, 5) is 6.56. The molecular weight excluding hydrogens is 161 g/mol. The monoisotopic (exact) mass is 167 g/mol. The zero-order valence-corrected chi connectivity index (χ0v) is 6.00. The molecule has 0 atom stereocenters. The van der Waals surface area contributed by atoms with Gasteiger partial charge in [0, 0.05) is 0 Å². The summed E-state index contributed by atoms with van der Waals surface area (Å²) in [7, 11) is 0. The maximum atomic E-state index is 12.6. The van der Waals surface area contributed by atoms with Gasteiger partial charge in [-0.05, 0) is 18.2 Å². The number of halogens is 1. The summed E-state index contributed by atoms with van der Waals surface area (Å²) in [6.07, 6.45) is 0. The Bertz CT molecular complexity index is 412. The largest absolute Gasteiger partial charge is 0.322 e. The summed E-state index contributed by atoms with van der Waals surface area (Å²) >= 11 is 0. The van der Waals surface area contributed by atoms with Gasteiger partial charge in [-0.25, -0.2) is 14.9 Å². The number of imidazole rings is 1. The summed E-state index contributed by atoms with van der Waals surface area (Å²) in [6, 6.07) is 4.15. The van der Waals surface area contributed by atoms with Crippen LogP contribution in [0, 0.1) is 5.82 Å². The molecule has 0 aliphatic rings. The molecule has 0 aliphatic carbocycles. The molecule has 3 N–H and O–H groups in total. The molecule has 0 unspecified atom stereocenters. The van der Waals surface area contributed by atoms with Crippen LogP contribution in [0.1, 0.15) is 0 Å². The van der Waals surface area contributed by atoms with Crippen molar-refractivity contribution in [2.75, 3.05) is 5.48 Å². The number of nitrogens with zero attached hydrogens (tertiary/aromatic N) is 1. The highest BCUT2D eigenvalue weighted by Crippen LogP contribution is 2.14. The van der Waals surface area contributed by atoms with E-state index in [1.165, 1.54) is 18.2 Å². The van der Waals surface area contributed by atoms with Crippen molar-refractivity contribution in [3.63, 3.8) is 0 Å². The number of rotatable bonds is 1. The normalized spacial score (nSPS) is 10.5. The minimum absolute atomic E-state index is 0.204. The Morgan fingerprint density at radius 3 is 3.08 bits per heavy atom. The van der Waals surface area contributed by atoms with Gasteiger partial charge in [-0.15, -0.1) is 0 Å². The number of benzene rings is 1. The van der Waals surface area contributed by atoms with Gasteiger partial charge in [0.15, 0.2) is 0 Å². The molecule has 0 saturated heterocycles. The molecule has 0 bridgehead atoms. The van der Waals surface area contributed by atoms with E-state index in [9.17, 15) is 4.39 Å². The number of nitrogens with one attached hydrogen (secondary N) is 2. The first-order valence-electron chi connectivity index (χ1n) is 3.35. The van der Waals surface area contributed by atoms with Gasteiger partial charge < -0.3 is 4.98 Å². The Morgan fingerprint density at radius 2 is 2.33 bits per heavy atom. The van der Waals surface area contributed by atoms with Crippen LogP contribution < -0.4 is 5.48 Å². The number of aromatic nitrogens is 2. The highest BCUT2D eigenvalue weighted by molar-refractivity contribution is 5.77.